The Balaban J connectivity index is 6.11. The summed E-state index contributed by atoms with van der Waals surface area (Å²) in [5.74, 6) is 0. The second-order valence-corrected chi connectivity index (χ2v) is 4.58. The average molecular weight is 398 g/mol. The third kappa shape index (κ3) is 4.06. The molecule has 0 aliphatic rings. The summed E-state index contributed by atoms with van der Waals surface area (Å²) in [7, 11) is 0. The zero-order valence-electron chi connectivity index (χ0n) is 11.8. The van der Waals surface area contributed by atoms with Crippen molar-refractivity contribution in [2.45, 2.75) is 48.7 Å². The van der Waals surface area contributed by atoms with E-state index in [9.17, 15) is 52.7 Å². The molecule has 0 aromatic heterocycles. The van der Waals surface area contributed by atoms with Gasteiger partial charge in [-0.2, -0.15) is 26.3 Å². The van der Waals surface area contributed by atoms with E-state index in [0.717, 1.165) is 0 Å². The molecule has 0 aliphatic heterocycles. The Morgan fingerprint density at radius 3 is 0.960 bits per heavy atom. The Kier molecular flexibility index (Phi) is 7.04. The number of hydrogen-bond acceptors (Lipinski definition) is 1. The maximum Gasteiger partial charge on any atom is 0.431 e. The first-order valence-corrected chi connectivity index (χ1v) is 5.99. The van der Waals surface area contributed by atoms with Gasteiger partial charge in [-0.1, -0.05) is 12.2 Å². The second-order valence-electron chi connectivity index (χ2n) is 4.58. The Labute approximate surface area is 132 Å². The zero-order valence-corrected chi connectivity index (χ0v) is 11.8. The predicted molar refractivity (Wildman–Crippen MR) is 60.9 cm³/mol. The summed E-state index contributed by atoms with van der Waals surface area (Å²) in [6, 6.07) is 0. The molecule has 0 spiro atoms. The predicted octanol–water partition coefficient (Wildman–Crippen LogP) is 5.18. The summed E-state index contributed by atoms with van der Waals surface area (Å²) in [4.78, 5) is 0. The van der Waals surface area contributed by atoms with E-state index in [4.69, 9.17) is 0 Å². The quantitative estimate of drug-likeness (QED) is 0.404. The Hall–Kier alpha value is -1.40. The van der Waals surface area contributed by atoms with Crippen LogP contribution in [0.5, 0.6) is 0 Å². The summed E-state index contributed by atoms with van der Waals surface area (Å²) in [6.07, 6.45) is -30.6. The first kappa shape index (κ1) is 23.6. The van der Waals surface area contributed by atoms with Crippen LogP contribution >= 0.6 is 0 Å². The summed E-state index contributed by atoms with van der Waals surface area (Å²) in [6.45, 7) is 4.95. The molecular weight excluding hydrogens is 388 g/mol. The number of halogens is 12. The van der Waals surface area contributed by atoms with Crippen molar-refractivity contribution in [2.24, 2.45) is 0 Å². The minimum Gasteiger partial charge on any atom is -0.359 e. The van der Waals surface area contributed by atoms with Crippen molar-refractivity contribution in [3.63, 3.8) is 0 Å². The van der Waals surface area contributed by atoms with Gasteiger partial charge in [-0.25, -0.2) is 26.3 Å². The summed E-state index contributed by atoms with van der Waals surface area (Å²) in [5, 5.41) is 0. The van der Waals surface area contributed by atoms with Gasteiger partial charge in [0.2, 0.25) is 0 Å². The van der Waals surface area contributed by atoms with Gasteiger partial charge in [0.15, 0.2) is 0 Å². The number of rotatable bonds is 8. The normalized spacial score (nSPS) is 20.7. The van der Waals surface area contributed by atoms with E-state index in [1.54, 1.807) is 0 Å². The second kappa shape index (κ2) is 7.46. The van der Waals surface area contributed by atoms with Gasteiger partial charge in [0.1, 0.15) is 12.2 Å². The highest BCUT2D eigenvalue weighted by atomic mass is 19.4. The summed E-state index contributed by atoms with van der Waals surface area (Å²) < 4.78 is 157. The minimum absolute atomic E-state index is 0.349. The van der Waals surface area contributed by atoms with E-state index in [2.05, 4.69) is 17.9 Å². The smallest absolute Gasteiger partial charge is 0.359 e. The third-order valence-electron chi connectivity index (χ3n) is 3.05. The van der Waals surface area contributed by atoms with E-state index in [0.29, 0.717) is 0 Å². The molecule has 0 rings (SSSR count). The Morgan fingerprint density at radius 1 is 0.600 bits per heavy atom. The van der Waals surface area contributed by atoms with Gasteiger partial charge in [0.25, 0.3) is 24.2 Å². The summed E-state index contributed by atoms with van der Waals surface area (Å²) >= 11 is 0. The Morgan fingerprint density at radius 2 is 0.840 bits per heavy atom. The van der Waals surface area contributed by atoms with Crippen LogP contribution < -0.4 is 0 Å². The van der Waals surface area contributed by atoms with Gasteiger partial charge in [0, 0.05) is 0 Å². The molecular formula is C12H10F12O. The fourth-order valence-corrected chi connectivity index (χ4v) is 1.63. The molecule has 0 aliphatic carbocycles. The van der Waals surface area contributed by atoms with Crippen molar-refractivity contribution in [1.29, 1.82) is 0 Å². The lowest BCUT2D eigenvalue weighted by molar-refractivity contribution is -0.325. The van der Waals surface area contributed by atoms with Gasteiger partial charge < -0.3 is 4.74 Å². The first-order chi connectivity index (χ1) is 11.0. The molecule has 0 heterocycles. The van der Waals surface area contributed by atoms with Crippen LogP contribution in [-0.4, -0.2) is 48.7 Å². The molecule has 0 bridgehead atoms. The van der Waals surface area contributed by atoms with Crippen molar-refractivity contribution >= 4 is 0 Å². The molecule has 13 heteroatoms. The molecule has 0 radical (unpaired) electrons. The Bertz CT molecular complexity index is 428. The van der Waals surface area contributed by atoms with Crippen LogP contribution in [0, 0.1) is 0 Å². The van der Waals surface area contributed by atoms with Gasteiger partial charge in [-0.15, -0.1) is 13.2 Å². The SMILES string of the molecule is C=CC(OC(C=C)C(F)(C(F)F)C(F)(F)F)C(F)(C(F)F)C(F)(F)F. The zero-order chi connectivity index (χ0) is 20.4. The van der Waals surface area contributed by atoms with Crippen LogP contribution in [0.2, 0.25) is 0 Å². The molecule has 0 aromatic carbocycles. The van der Waals surface area contributed by atoms with Crippen molar-refractivity contribution in [3.05, 3.63) is 25.3 Å². The van der Waals surface area contributed by atoms with Crippen molar-refractivity contribution in [1.82, 2.24) is 0 Å². The fraction of sp³-hybridized carbons (Fsp3) is 0.667. The maximum atomic E-state index is 13.8. The van der Waals surface area contributed by atoms with Crippen LogP contribution in [0.4, 0.5) is 52.7 Å². The molecule has 25 heavy (non-hydrogen) atoms. The van der Waals surface area contributed by atoms with Crippen molar-refractivity contribution in [3.8, 4) is 0 Å². The highest BCUT2D eigenvalue weighted by Gasteiger charge is 2.71. The van der Waals surface area contributed by atoms with E-state index in [-0.39, 0.29) is 12.2 Å². The molecule has 148 valence electrons. The van der Waals surface area contributed by atoms with E-state index in [1.165, 1.54) is 0 Å². The van der Waals surface area contributed by atoms with Crippen molar-refractivity contribution < 1.29 is 57.4 Å². The minimum atomic E-state index is -6.41. The van der Waals surface area contributed by atoms with Crippen LogP contribution in [0.25, 0.3) is 0 Å². The third-order valence-corrected chi connectivity index (χ3v) is 3.05. The largest absolute Gasteiger partial charge is 0.431 e. The number of ether oxygens (including phenoxy) is 1. The van der Waals surface area contributed by atoms with Gasteiger partial charge in [-0.05, 0) is 0 Å². The van der Waals surface area contributed by atoms with E-state index >= 15 is 0 Å². The first-order valence-electron chi connectivity index (χ1n) is 5.99. The molecule has 0 aromatic rings. The molecule has 0 saturated heterocycles. The molecule has 0 fully saturated rings. The van der Waals surface area contributed by atoms with E-state index < -0.39 is 48.7 Å². The van der Waals surface area contributed by atoms with Crippen LogP contribution in [0.3, 0.4) is 0 Å². The maximum absolute atomic E-state index is 13.8. The lowest BCUT2D eigenvalue weighted by atomic mass is 9.94. The monoisotopic (exact) mass is 398 g/mol. The van der Waals surface area contributed by atoms with Gasteiger partial charge in [-0.3, -0.25) is 0 Å². The topological polar surface area (TPSA) is 9.23 Å². The van der Waals surface area contributed by atoms with Crippen LogP contribution in [0.1, 0.15) is 0 Å². The lowest BCUT2D eigenvalue weighted by Gasteiger charge is -2.38. The molecule has 0 N–H and O–H groups in total. The highest BCUT2D eigenvalue weighted by molar-refractivity contribution is 5.10. The highest BCUT2D eigenvalue weighted by Crippen LogP contribution is 2.47. The fourth-order valence-electron chi connectivity index (χ4n) is 1.63. The van der Waals surface area contributed by atoms with E-state index in [1.807, 2.05) is 0 Å². The number of hydrogen-bond donors (Lipinski definition) is 0. The van der Waals surface area contributed by atoms with Crippen LogP contribution in [-0.2, 0) is 4.74 Å². The molecule has 4 atom stereocenters. The number of alkyl halides is 12. The van der Waals surface area contributed by atoms with Crippen LogP contribution in [0.15, 0.2) is 25.3 Å². The molecule has 0 saturated carbocycles. The summed E-state index contributed by atoms with van der Waals surface area (Å²) in [5.41, 5.74) is -11.3. The van der Waals surface area contributed by atoms with Crippen molar-refractivity contribution in [2.75, 3.05) is 0 Å². The molecule has 4 unspecified atom stereocenters. The van der Waals surface area contributed by atoms with Gasteiger partial charge >= 0.3 is 12.4 Å². The average Bonchev–Trinajstić information content (AvgIpc) is 2.44. The molecule has 1 nitrogen and oxygen atoms in total. The van der Waals surface area contributed by atoms with Gasteiger partial charge in [0.05, 0.1) is 0 Å². The molecule has 0 amide bonds. The standard InChI is InChI=1S/C12H10F12O/c1-3-5(9(17,7(13)14)11(19,20)21)25-6(4-2)10(18,8(15)16)12(22,23)24/h3-8H,1-2H2. The lowest BCUT2D eigenvalue weighted by Crippen LogP contribution is -2.61.